The fourth-order valence-electron chi connectivity index (χ4n) is 2.86. The maximum absolute atomic E-state index is 11.9. The molecule has 32 heavy (non-hydrogen) atoms. The van der Waals surface area contributed by atoms with Crippen LogP contribution >= 0.6 is 24.0 Å². The van der Waals surface area contributed by atoms with Crippen molar-refractivity contribution in [1.82, 2.24) is 15.5 Å². The maximum Gasteiger partial charge on any atom is 0.243 e. The van der Waals surface area contributed by atoms with Crippen LogP contribution in [-0.4, -0.2) is 64.2 Å². The number of nitrogens with one attached hydrogen (secondary N) is 2. The van der Waals surface area contributed by atoms with Crippen molar-refractivity contribution in [3.8, 4) is 11.5 Å². The molecule has 0 heterocycles. The minimum absolute atomic E-state index is 0. The lowest BCUT2D eigenvalue weighted by Crippen LogP contribution is -2.40. The minimum atomic E-state index is -0.0410. The SMILES string of the molecule is CCOc1cccc(CCNC(=NCC(=O)N(C)C)NCCc2ccc(OC)cc2)c1.I. The van der Waals surface area contributed by atoms with E-state index >= 15 is 0 Å². The summed E-state index contributed by atoms with van der Waals surface area (Å²) in [6, 6.07) is 16.1. The van der Waals surface area contributed by atoms with Gasteiger partial charge in [-0.2, -0.15) is 0 Å². The number of hydrogen-bond donors (Lipinski definition) is 2. The van der Waals surface area contributed by atoms with Crippen LogP contribution in [0.4, 0.5) is 0 Å². The summed E-state index contributed by atoms with van der Waals surface area (Å²) in [5, 5.41) is 6.65. The zero-order valence-corrected chi connectivity index (χ0v) is 21.7. The number of carbonyl (C=O) groups is 1. The largest absolute Gasteiger partial charge is 0.497 e. The van der Waals surface area contributed by atoms with Crippen molar-refractivity contribution in [3.63, 3.8) is 0 Å². The van der Waals surface area contributed by atoms with E-state index in [0.29, 0.717) is 25.7 Å². The van der Waals surface area contributed by atoms with Crippen LogP contribution in [0.3, 0.4) is 0 Å². The van der Waals surface area contributed by atoms with Gasteiger partial charge in [0.05, 0.1) is 13.7 Å². The number of rotatable bonds is 11. The molecule has 176 valence electrons. The molecule has 0 radical (unpaired) electrons. The Hall–Kier alpha value is -2.49. The highest BCUT2D eigenvalue weighted by Crippen LogP contribution is 2.13. The van der Waals surface area contributed by atoms with Crippen LogP contribution in [0.1, 0.15) is 18.1 Å². The molecule has 0 atom stereocenters. The van der Waals surface area contributed by atoms with Crippen molar-refractivity contribution in [3.05, 3.63) is 59.7 Å². The van der Waals surface area contributed by atoms with Crippen LogP contribution in [0.2, 0.25) is 0 Å². The van der Waals surface area contributed by atoms with Crippen LogP contribution in [-0.2, 0) is 17.6 Å². The van der Waals surface area contributed by atoms with E-state index in [-0.39, 0.29) is 36.4 Å². The number of aliphatic imine (C=N–C) groups is 1. The monoisotopic (exact) mass is 554 g/mol. The third kappa shape index (κ3) is 10.2. The molecule has 8 heteroatoms. The minimum Gasteiger partial charge on any atom is -0.497 e. The average Bonchev–Trinajstić information content (AvgIpc) is 2.77. The Labute approximate surface area is 208 Å². The molecule has 2 N–H and O–H groups in total. The summed E-state index contributed by atoms with van der Waals surface area (Å²) in [5.74, 6) is 2.31. The van der Waals surface area contributed by atoms with Crippen molar-refractivity contribution in [2.24, 2.45) is 4.99 Å². The number of methoxy groups -OCH3 is 1. The van der Waals surface area contributed by atoms with Crippen molar-refractivity contribution in [2.75, 3.05) is 47.4 Å². The van der Waals surface area contributed by atoms with Gasteiger partial charge in [-0.05, 0) is 55.2 Å². The highest BCUT2D eigenvalue weighted by molar-refractivity contribution is 14.0. The molecule has 0 saturated carbocycles. The van der Waals surface area contributed by atoms with Crippen LogP contribution in [0.25, 0.3) is 0 Å². The molecule has 0 saturated heterocycles. The number of benzene rings is 2. The second-order valence-corrected chi connectivity index (χ2v) is 7.24. The standard InChI is InChI=1S/C24H34N4O3.HI/c1-5-31-22-8-6-7-20(17-22)14-16-26-24(27-18-23(29)28(2)3)25-15-13-19-9-11-21(30-4)12-10-19;/h6-12,17H,5,13-16,18H2,1-4H3,(H2,25,26,27);1H. The second kappa shape index (κ2) is 15.3. The molecular weight excluding hydrogens is 519 g/mol. The number of carbonyl (C=O) groups excluding carboxylic acids is 1. The topological polar surface area (TPSA) is 75.2 Å². The van der Waals surface area contributed by atoms with Gasteiger partial charge in [0.1, 0.15) is 18.0 Å². The number of halogens is 1. The van der Waals surface area contributed by atoms with Crippen molar-refractivity contribution < 1.29 is 14.3 Å². The Balaban J connectivity index is 0.00000512. The van der Waals surface area contributed by atoms with Crippen LogP contribution in [0.5, 0.6) is 11.5 Å². The smallest absolute Gasteiger partial charge is 0.243 e. The molecule has 0 unspecified atom stereocenters. The predicted molar refractivity (Wildman–Crippen MR) is 140 cm³/mol. The number of guanidine groups is 1. The van der Waals surface area contributed by atoms with E-state index in [1.54, 1.807) is 21.2 Å². The first-order valence-corrected chi connectivity index (χ1v) is 10.6. The lowest BCUT2D eigenvalue weighted by atomic mass is 10.1. The maximum atomic E-state index is 11.9. The highest BCUT2D eigenvalue weighted by Gasteiger charge is 2.05. The first-order valence-electron chi connectivity index (χ1n) is 10.6. The van der Waals surface area contributed by atoms with Gasteiger partial charge in [-0.25, -0.2) is 4.99 Å². The first-order chi connectivity index (χ1) is 15.0. The molecule has 0 aromatic heterocycles. The Morgan fingerprint density at radius 2 is 1.62 bits per heavy atom. The van der Waals surface area contributed by atoms with Crippen molar-refractivity contribution in [2.45, 2.75) is 19.8 Å². The van der Waals surface area contributed by atoms with Crippen molar-refractivity contribution >= 4 is 35.8 Å². The quantitative estimate of drug-likeness (QED) is 0.254. The summed E-state index contributed by atoms with van der Waals surface area (Å²) in [6.45, 7) is 4.12. The van der Waals surface area contributed by atoms with Gasteiger partial charge < -0.3 is 25.0 Å². The first kappa shape index (κ1) is 27.5. The fraction of sp³-hybridized carbons (Fsp3) is 0.417. The lowest BCUT2D eigenvalue weighted by molar-refractivity contribution is -0.127. The summed E-state index contributed by atoms with van der Waals surface area (Å²) < 4.78 is 10.8. The van der Waals surface area contributed by atoms with Crippen LogP contribution in [0.15, 0.2) is 53.5 Å². The average molecular weight is 554 g/mol. The summed E-state index contributed by atoms with van der Waals surface area (Å²) in [5.41, 5.74) is 2.38. The zero-order chi connectivity index (χ0) is 22.5. The number of likely N-dealkylation sites (N-methyl/N-ethyl adjacent to an activating group) is 1. The van der Waals surface area contributed by atoms with Gasteiger partial charge in [-0.3, -0.25) is 4.79 Å². The Morgan fingerprint density at radius 3 is 2.22 bits per heavy atom. The molecule has 0 aliphatic rings. The van der Waals surface area contributed by atoms with Crippen LogP contribution in [0, 0.1) is 0 Å². The molecule has 2 aromatic carbocycles. The van der Waals surface area contributed by atoms with Gasteiger partial charge >= 0.3 is 0 Å². The van der Waals surface area contributed by atoms with Gasteiger partial charge in [0.2, 0.25) is 5.91 Å². The normalized spacial score (nSPS) is 10.7. The molecule has 1 amide bonds. The summed E-state index contributed by atoms with van der Waals surface area (Å²) in [6.07, 6.45) is 1.66. The van der Waals surface area contributed by atoms with Gasteiger partial charge in [0, 0.05) is 27.2 Å². The van der Waals surface area contributed by atoms with E-state index in [1.165, 1.54) is 16.0 Å². The molecule has 0 aliphatic carbocycles. The van der Waals surface area contributed by atoms with Crippen molar-refractivity contribution in [1.29, 1.82) is 0 Å². The number of hydrogen-bond acceptors (Lipinski definition) is 4. The van der Waals surface area contributed by atoms with E-state index in [9.17, 15) is 4.79 Å². The third-order valence-corrected chi connectivity index (χ3v) is 4.65. The van der Waals surface area contributed by atoms with Gasteiger partial charge in [0.15, 0.2) is 5.96 Å². The Kier molecular flexibility index (Phi) is 13.2. The van der Waals surface area contributed by atoms with E-state index in [0.717, 1.165) is 24.3 Å². The molecular formula is C24H35IN4O3. The number of nitrogens with zero attached hydrogens (tertiary/aromatic N) is 2. The highest BCUT2D eigenvalue weighted by atomic mass is 127. The lowest BCUT2D eigenvalue weighted by Gasteiger charge is -2.14. The molecule has 0 bridgehead atoms. The third-order valence-electron chi connectivity index (χ3n) is 4.65. The van der Waals surface area contributed by atoms with E-state index in [2.05, 4.69) is 27.8 Å². The molecule has 0 aliphatic heterocycles. The zero-order valence-electron chi connectivity index (χ0n) is 19.4. The molecule has 0 spiro atoms. The fourth-order valence-corrected chi connectivity index (χ4v) is 2.86. The summed E-state index contributed by atoms with van der Waals surface area (Å²) in [7, 11) is 5.12. The molecule has 2 aromatic rings. The van der Waals surface area contributed by atoms with E-state index in [1.807, 2.05) is 43.3 Å². The summed E-state index contributed by atoms with van der Waals surface area (Å²) >= 11 is 0. The molecule has 7 nitrogen and oxygen atoms in total. The molecule has 2 rings (SSSR count). The van der Waals surface area contributed by atoms with Gasteiger partial charge in [-0.1, -0.05) is 24.3 Å². The van der Waals surface area contributed by atoms with Gasteiger partial charge in [-0.15, -0.1) is 24.0 Å². The van der Waals surface area contributed by atoms with Crippen LogP contribution < -0.4 is 20.1 Å². The summed E-state index contributed by atoms with van der Waals surface area (Å²) in [4.78, 5) is 17.9. The number of amides is 1. The number of ether oxygens (including phenoxy) is 2. The second-order valence-electron chi connectivity index (χ2n) is 7.24. The molecule has 0 fully saturated rings. The van der Waals surface area contributed by atoms with E-state index < -0.39 is 0 Å². The Morgan fingerprint density at radius 1 is 0.969 bits per heavy atom. The van der Waals surface area contributed by atoms with E-state index in [4.69, 9.17) is 9.47 Å². The predicted octanol–water partition coefficient (Wildman–Crippen LogP) is 3.12. The van der Waals surface area contributed by atoms with Gasteiger partial charge in [0.25, 0.3) is 0 Å². The Bertz CT molecular complexity index is 841.